The smallest absolute Gasteiger partial charge is 0.268 e. The molecule has 3 rings (SSSR count). The molecule has 1 heterocycles. The Hall–Kier alpha value is -3.55. The maximum atomic E-state index is 12.8. The Morgan fingerprint density at radius 1 is 1.13 bits per heavy atom. The van der Waals surface area contributed by atoms with E-state index in [-0.39, 0.29) is 18.2 Å². The predicted molar refractivity (Wildman–Crippen MR) is 116 cm³/mol. The molecule has 0 aromatic heterocycles. The van der Waals surface area contributed by atoms with Crippen LogP contribution in [0.5, 0.6) is 17.2 Å². The van der Waals surface area contributed by atoms with Gasteiger partial charge in [-0.25, -0.2) is 0 Å². The quantitative estimate of drug-likeness (QED) is 0.650. The van der Waals surface area contributed by atoms with E-state index in [0.717, 1.165) is 6.42 Å². The third-order valence-corrected chi connectivity index (χ3v) is 4.95. The Morgan fingerprint density at radius 2 is 1.90 bits per heavy atom. The summed E-state index contributed by atoms with van der Waals surface area (Å²) in [5.74, 6) is 0.678. The van der Waals surface area contributed by atoms with Crippen LogP contribution < -0.4 is 24.4 Å². The van der Waals surface area contributed by atoms with Gasteiger partial charge in [-0.3, -0.25) is 19.3 Å². The number of ketones is 1. The van der Waals surface area contributed by atoms with Gasteiger partial charge in [0.1, 0.15) is 23.8 Å². The van der Waals surface area contributed by atoms with Crippen LogP contribution in [0.25, 0.3) is 0 Å². The summed E-state index contributed by atoms with van der Waals surface area (Å²) in [6.07, 6.45) is 0.382. The van der Waals surface area contributed by atoms with Gasteiger partial charge >= 0.3 is 0 Å². The normalized spacial score (nSPS) is 15.0. The second-order valence-corrected chi connectivity index (χ2v) is 7.15. The van der Waals surface area contributed by atoms with Crippen molar-refractivity contribution in [1.82, 2.24) is 0 Å². The highest BCUT2D eigenvalue weighted by molar-refractivity contribution is 6.07. The van der Waals surface area contributed by atoms with Gasteiger partial charge in [0.15, 0.2) is 11.9 Å². The number of ether oxygens (including phenoxy) is 3. The Kier molecular flexibility index (Phi) is 6.79. The van der Waals surface area contributed by atoms with Crippen LogP contribution in [-0.4, -0.2) is 44.5 Å². The summed E-state index contributed by atoms with van der Waals surface area (Å²) in [5, 5.41) is 2.76. The highest BCUT2D eigenvalue weighted by Gasteiger charge is 2.33. The van der Waals surface area contributed by atoms with Crippen LogP contribution in [0.4, 0.5) is 11.4 Å². The molecular formula is C23H26N2O6. The van der Waals surface area contributed by atoms with Crippen molar-refractivity contribution in [3.8, 4) is 17.2 Å². The van der Waals surface area contributed by atoms with Crippen LogP contribution in [0.15, 0.2) is 36.4 Å². The van der Waals surface area contributed by atoms with E-state index in [0.29, 0.717) is 40.6 Å². The monoisotopic (exact) mass is 426 g/mol. The molecule has 2 amide bonds. The first-order valence-electron chi connectivity index (χ1n) is 10.0. The molecule has 1 atom stereocenters. The Morgan fingerprint density at radius 3 is 2.58 bits per heavy atom. The number of hydrogen-bond donors (Lipinski definition) is 1. The fourth-order valence-electron chi connectivity index (χ4n) is 3.35. The number of nitrogens with one attached hydrogen (secondary N) is 1. The fourth-order valence-corrected chi connectivity index (χ4v) is 3.35. The van der Waals surface area contributed by atoms with E-state index < -0.39 is 12.0 Å². The summed E-state index contributed by atoms with van der Waals surface area (Å²) in [7, 11) is 3.03. The number of fused-ring (bicyclic) bond motifs is 1. The van der Waals surface area contributed by atoms with Crippen LogP contribution in [0, 0.1) is 0 Å². The molecule has 0 bridgehead atoms. The Balaban J connectivity index is 1.85. The lowest BCUT2D eigenvalue weighted by molar-refractivity contribution is -0.127. The molecule has 1 aliphatic heterocycles. The minimum Gasteiger partial charge on any atom is -0.497 e. The highest BCUT2D eigenvalue weighted by atomic mass is 16.5. The van der Waals surface area contributed by atoms with Gasteiger partial charge in [0, 0.05) is 18.1 Å². The van der Waals surface area contributed by atoms with Crippen LogP contribution in [0.1, 0.15) is 37.0 Å². The van der Waals surface area contributed by atoms with E-state index in [1.807, 2.05) is 6.92 Å². The van der Waals surface area contributed by atoms with Gasteiger partial charge in [-0.2, -0.15) is 0 Å². The SMILES string of the molecule is CCCC(=O)c1ccc2c(c1)N(CC(=O)Nc1ccc(OC)cc1OC)C(=O)C(C)O2. The van der Waals surface area contributed by atoms with Crippen LogP contribution in [-0.2, 0) is 9.59 Å². The van der Waals surface area contributed by atoms with Crippen molar-refractivity contribution in [3.05, 3.63) is 42.0 Å². The Bertz CT molecular complexity index is 1000. The van der Waals surface area contributed by atoms with Crippen molar-refractivity contribution >= 4 is 29.0 Å². The molecule has 2 aromatic carbocycles. The van der Waals surface area contributed by atoms with E-state index in [1.54, 1.807) is 43.3 Å². The molecule has 0 aliphatic carbocycles. The molecule has 31 heavy (non-hydrogen) atoms. The molecule has 2 aromatic rings. The molecule has 0 radical (unpaired) electrons. The van der Waals surface area contributed by atoms with Gasteiger partial charge in [-0.05, 0) is 43.7 Å². The molecule has 164 valence electrons. The lowest BCUT2D eigenvalue weighted by Gasteiger charge is -2.33. The van der Waals surface area contributed by atoms with Crippen molar-refractivity contribution in [1.29, 1.82) is 0 Å². The van der Waals surface area contributed by atoms with Gasteiger partial charge < -0.3 is 19.5 Å². The molecule has 0 saturated heterocycles. The lowest BCUT2D eigenvalue weighted by atomic mass is 10.0. The second-order valence-electron chi connectivity index (χ2n) is 7.15. The van der Waals surface area contributed by atoms with Crippen LogP contribution in [0.3, 0.4) is 0 Å². The second kappa shape index (κ2) is 9.51. The zero-order valence-electron chi connectivity index (χ0n) is 18.1. The summed E-state index contributed by atoms with van der Waals surface area (Å²) in [6.45, 7) is 3.31. The third kappa shape index (κ3) is 4.79. The first kappa shape index (κ1) is 22.1. The molecular weight excluding hydrogens is 400 g/mol. The van der Waals surface area contributed by atoms with E-state index in [9.17, 15) is 14.4 Å². The number of Topliss-reactive ketones (excluding diaryl/α,β-unsaturated/α-hetero) is 1. The number of carbonyl (C=O) groups excluding carboxylic acids is 3. The highest BCUT2D eigenvalue weighted by Crippen LogP contribution is 2.35. The zero-order valence-corrected chi connectivity index (χ0v) is 18.1. The molecule has 0 saturated carbocycles. The predicted octanol–water partition coefficient (Wildman–Crippen LogP) is 3.44. The van der Waals surface area contributed by atoms with Gasteiger partial charge in [0.25, 0.3) is 5.91 Å². The van der Waals surface area contributed by atoms with Crippen molar-refractivity contribution in [2.24, 2.45) is 0 Å². The van der Waals surface area contributed by atoms with E-state index in [4.69, 9.17) is 14.2 Å². The fraction of sp³-hybridized carbons (Fsp3) is 0.348. The topological polar surface area (TPSA) is 94.2 Å². The van der Waals surface area contributed by atoms with Crippen molar-refractivity contribution in [2.75, 3.05) is 31.0 Å². The number of methoxy groups -OCH3 is 2. The Labute approximate surface area is 181 Å². The number of anilines is 2. The van der Waals surface area contributed by atoms with Crippen molar-refractivity contribution in [3.63, 3.8) is 0 Å². The molecule has 1 unspecified atom stereocenters. The zero-order chi connectivity index (χ0) is 22.5. The van der Waals surface area contributed by atoms with E-state index in [1.165, 1.54) is 19.1 Å². The molecule has 1 N–H and O–H groups in total. The standard InChI is InChI=1S/C23H26N2O6/c1-5-6-19(26)15-7-10-20-18(11-15)25(23(28)14(2)31-20)13-22(27)24-17-9-8-16(29-3)12-21(17)30-4/h7-12,14H,5-6,13H2,1-4H3,(H,24,27). The van der Waals surface area contributed by atoms with Crippen LogP contribution in [0.2, 0.25) is 0 Å². The summed E-state index contributed by atoms with van der Waals surface area (Å²) in [4.78, 5) is 39.2. The van der Waals surface area contributed by atoms with Crippen molar-refractivity contribution in [2.45, 2.75) is 32.8 Å². The average Bonchev–Trinajstić information content (AvgIpc) is 2.77. The molecule has 8 heteroatoms. The molecule has 8 nitrogen and oxygen atoms in total. The van der Waals surface area contributed by atoms with E-state index >= 15 is 0 Å². The summed E-state index contributed by atoms with van der Waals surface area (Å²) >= 11 is 0. The van der Waals surface area contributed by atoms with Crippen LogP contribution >= 0.6 is 0 Å². The number of hydrogen-bond acceptors (Lipinski definition) is 6. The summed E-state index contributed by atoms with van der Waals surface area (Å²) in [5.41, 5.74) is 1.34. The number of amides is 2. The van der Waals surface area contributed by atoms with Gasteiger partial charge in [-0.1, -0.05) is 6.92 Å². The summed E-state index contributed by atoms with van der Waals surface area (Å²) < 4.78 is 16.1. The summed E-state index contributed by atoms with van der Waals surface area (Å²) in [6, 6.07) is 9.96. The number of carbonyl (C=O) groups is 3. The van der Waals surface area contributed by atoms with Gasteiger partial charge in [-0.15, -0.1) is 0 Å². The largest absolute Gasteiger partial charge is 0.497 e. The number of benzene rings is 2. The number of nitrogens with zero attached hydrogens (tertiary/aromatic N) is 1. The van der Waals surface area contributed by atoms with E-state index in [2.05, 4.69) is 5.32 Å². The first-order valence-corrected chi connectivity index (χ1v) is 10.0. The lowest BCUT2D eigenvalue weighted by Crippen LogP contribution is -2.47. The van der Waals surface area contributed by atoms with Gasteiger partial charge in [0.05, 0.1) is 25.6 Å². The molecule has 1 aliphatic rings. The maximum Gasteiger partial charge on any atom is 0.268 e. The maximum absolute atomic E-state index is 12.8. The molecule has 0 fully saturated rings. The molecule has 0 spiro atoms. The first-order chi connectivity index (χ1) is 14.9. The third-order valence-electron chi connectivity index (χ3n) is 4.95. The average molecular weight is 426 g/mol. The number of rotatable bonds is 8. The minimum atomic E-state index is -0.743. The minimum absolute atomic E-state index is 0.0243. The van der Waals surface area contributed by atoms with Gasteiger partial charge in [0.2, 0.25) is 5.91 Å². The van der Waals surface area contributed by atoms with Crippen molar-refractivity contribution < 1.29 is 28.6 Å².